The Morgan fingerprint density at radius 3 is 2.31 bits per heavy atom. The summed E-state index contributed by atoms with van der Waals surface area (Å²) < 4.78 is 33.4. The first-order chi connectivity index (χ1) is 16.6. The van der Waals surface area contributed by atoms with Gasteiger partial charge in [-0.3, -0.25) is 9.10 Å². The summed E-state index contributed by atoms with van der Waals surface area (Å²) in [5.41, 5.74) is 5.24. The van der Waals surface area contributed by atoms with Crippen LogP contribution in [-0.2, 0) is 14.8 Å². The molecule has 0 aromatic heterocycles. The molecule has 0 bridgehead atoms. The zero-order valence-corrected chi connectivity index (χ0v) is 21.5. The average Bonchev–Trinajstić information content (AvgIpc) is 2.83. The van der Waals surface area contributed by atoms with Crippen LogP contribution in [0.1, 0.15) is 11.1 Å². The molecule has 3 aromatic rings. The number of carbonyl (C=O) groups is 1. The maximum absolute atomic E-state index is 13.5. The van der Waals surface area contributed by atoms with Gasteiger partial charge < -0.3 is 9.64 Å². The van der Waals surface area contributed by atoms with Crippen LogP contribution in [0.15, 0.2) is 76.7 Å². The first kappa shape index (κ1) is 26.1. The molecular weight excluding hydrogens is 488 g/mol. The van der Waals surface area contributed by atoms with Crippen LogP contribution >= 0.6 is 11.6 Å². The SMILES string of the molecule is COc1ccc(Cl)cc1N(CC(=O)N/N=C/c1ccc(N(C)C)cc1)S(=O)(=O)c1ccc(C)cc1. The molecule has 3 aromatic carbocycles. The number of hydrogen-bond donors (Lipinski definition) is 1. The third-order valence-electron chi connectivity index (χ3n) is 5.12. The molecule has 0 saturated carbocycles. The predicted octanol–water partition coefficient (Wildman–Crippen LogP) is 4.07. The molecule has 0 aliphatic rings. The highest BCUT2D eigenvalue weighted by molar-refractivity contribution is 7.92. The summed E-state index contributed by atoms with van der Waals surface area (Å²) in [5.74, 6) is -0.383. The topological polar surface area (TPSA) is 91.3 Å². The Kier molecular flexibility index (Phi) is 8.37. The van der Waals surface area contributed by atoms with Crippen LogP contribution in [0.4, 0.5) is 11.4 Å². The van der Waals surface area contributed by atoms with Gasteiger partial charge in [-0.25, -0.2) is 13.8 Å². The van der Waals surface area contributed by atoms with Crippen molar-refractivity contribution in [1.82, 2.24) is 5.43 Å². The van der Waals surface area contributed by atoms with E-state index in [-0.39, 0.29) is 16.3 Å². The van der Waals surface area contributed by atoms with Crippen LogP contribution in [-0.4, -0.2) is 48.3 Å². The summed E-state index contributed by atoms with van der Waals surface area (Å²) >= 11 is 6.15. The Morgan fingerprint density at radius 2 is 1.71 bits per heavy atom. The third-order valence-corrected chi connectivity index (χ3v) is 7.13. The van der Waals surface area contributed by atoms with Crippen LogP contribution in [0.25, 0.3) is 0 Å². The van der Waals surface area contributed by atoms with E-state index in [9.17, 15) is 13.2 Å². The molecule has 0 radical (unpaired) electrons. The Hall–Kier alpha value is -3.56. The fraction of sp³-hybridized carbons (Fsp3) is 0.200. The van der Waals surface area contributed by atoms with Crippen LogP contribution in [0.5, 0.6) is 5.75 Å². The minimum absolute atomic E-state index is 0.0300. The number of rotatable bonds is 9. The van der Waals surface area contributed by atoms with Crippen molar-refractivity contribution in [1.29, 1.82) is 0 Å². The fourth-order valence-electron chi connectivity index (χ4n) is 3.20. The van der Waals surface area contributed by atoms with Crippen LogP contribution in [0.3, 0.4) is 0 Å². The fourth-order valence-corrected chi connectivity index (χ4v) is 4.79. The van der Waals surface area contributed by atoms with E-state index in [4.69, 9.17) is 16.3 Å². The van der Waals surface area contributed by atoms with E-state index >= 15 is 0 Å². The van der Waals surface area contributed by atoms with E-state index < -0.39 is 22.5 Å². The highest BCUT2D eigenvalue weighted by Gasteiger charge is 2.29. The minimum atomic E-state index is -4.13. The molecular formula is C25H27ClN4O4S. The Morgan fingerprint density at radius 1 is 1.06 bits per heavy atom. The summed E-state index contributed by atoms with van der Waals surface area (Å²) in [4.78, 5) is 14.8. The lowest BCUT2D eigenvalue weighted by Crippen LogP contribution is -2.39. The molecule has 1 amide bonds. The van der Waals surface area contributed by atoms with Gasteiger partial charge in [0.25, 0.3) is 15.9 Å². The highest BCUT2D eigenvalue weighted by Crippen LogP contribution is 2.34. The quantitative estimate of drug-likeness (QED) is 0.343. The van der Waals surface area contributed by atoms with Crippen molar-refractivity contribution in [2.45, 2.75) is 11.8 Å². The second-order valence-electron chi connectivity index (χ2n) is 7.92. The molecule has 184 valence electrons. The van der Waals surface area contributed by atoms with Gasteiger partial charge in [-0.05, 0) is 55.0 Å². The molecule has 3 rings (SSSR count). The lowest BCUT2D eigenvalue weighted by molar-refractivity contribution is -0.119. The van der Waals surface area contributed by atoms with Gasteiger partial charge in [0, 0.05) is 24.8 Å². The number of hydrogen-bond acceptors (Lipinski definition) is 6. The highest BCUT2D eigenvalue weighted by atomic mass is 35.5. The smallest absolute Gasteiger partial charge is 0.264 e. The first-order valence-corrected chi connectivity index (χ1v) is 12.5. The summed E-state index contributed by atoms with van der Waals surface area (Å²) in [5, 5.41) is 4.27. The van der Waals surface area contributed by atoms with Gasteiger partial charge in [0.1, 0.15) is 12.3 Å². The molecule has 0 spiro atoms. The van der Waals surface area contributed by atoms with E-state index in [1.807, 2.05) is 50.2 Å². The average molecular weight is 515 g/mol. The van der Waals surface area contributed by atoms with E-state index in [1.54, 1.807) is 24.3 Å². The van der Waals surface area contributed by atoms with Gasteiger partial charge in [0.05, 0.1) is 23.9 Å². The maximum Gasteiger partial charge on any atom is 0.264 e. The molecule has 0 saturated heterocycles. The van der Waals surface area contributed by atoms with Gasteiger partial charge in [0.15, 0.2) is 0 Å². The van der Waals surface area contributed by atoms with Crippen molar-refractivity contribution in [3.05, 3.63) is 82.9 Å². The summed E-state index contributed by atoms with van der Waals surface area (Å²) in [7, 11) is 1.16. The van der Waals surface area contributed by atoms with Crippen LogP contribution in [0.2, 0.25) is 5.02 Å². The van der Waals surface area contributed by atoms with Gasteiger partial charge in [-0.15, -0.1) is 0 Å². The molecule has 35 heavy (non-hydrogen) atoms. The van der Waals surface area contributed by atoms with Gasteiger partial charge >= 0.3 is 0 Å². The number of benzene rings is 3. The number of nitrogens with one attached hydrogen (secondary N) is 1. The Balaban J connectivity index is 1.87. The second kappa shape index (κ2) is 11.2. The number of hydrazone groups is 1. The van der Waals surface area contributed by atoms with Gasteiger partial charge in [-0.2, -0.15) is 5.10 Å². The zero-order chi connectivity index (χ0) is 25.6. The molecule has 10 heteroatoms. The molecule has 0 fully saturated rings. The molecule has 0 aliphatic carbocycles. The van der Waals surface area contributed by atoms with E-state index in [0.717, 1.165) is 21.1 Å². The Bertz CT molecular complexity index is 1310. The second-order valence-corrected chi connectivity index (χ2v) is 10.2. The van der Waals surface area contributed by atoms with Gasteiger partial charge in [-0.1, -0.05) is 41.4 Å². The van der Waals surface area contributed by atoms with Crippen molar-refractivity contribution < 1.29 is 17.9 Å². The van der Waals surface area contributed by atoms with Crippen molar-refractivity contribution in [3.63, 3.8) is 0 Å². The number of methoxy groups -OCH3 is 1. The summed E-state index contributed by atoms with van der Waals surface area (Å²) in [6.07, 6.45) is 1.48. The lowest BCUT2D eigenvalue weighted by atomic mass is 10.2. The Labute approximate surface area is 210 Å². The predicted molar refractivity (Wildman–Crippen MR) is 140 cm³/mol. The number of amides is 1. The van der Waals surface area contributed by atoms with Crippen molar-refractivity contribution in [2.24, 2.45) is 5.10 Å². The number of ether oxygens (including phenoxy) is 1. The van der Waals surface area contributed by atoms with Crippen molar-refractivity contribution in [2.75, 3.05) is 37.0 Å². The third kappa shape index (κ3) is 6.52. The summed E-state index contributed by atoms with van der Waals surface area (Å²) in [6.45, 7) is 1.32. The minimum Gasteiger partial charge on any atom is -0.495 e. The normalized spacial score (nSPS) is 11.3. The molecule has 0 aliphatic heterocycles. The maximum atomic E-state index is 13.5. The number of aryl methyl sites for hydroxylation is 1. The molecule has 0 heterocycles. The zero-order valence-electron chi connectivity index (χ0n) is 19.9. The molecule has 0 atom stereocenters. The monoisotopic (exact) mass is 514 g/mol. The van der Waals surface area contributed by atoms with E-state index in [1.165, 1.54) is 31.5 Å². The van der Waals surface area contributed by atoms with Crippen LogP contribution in [0, 0.1) is 6.92 Å². The number of sulfonamides is 1. The number of nitrogens with zero attached hydrogens (tertiary/aromatic N) is 3. The number of carbonyl (C=O) groups excluding carboxylic acids is 1. The van der Waals surface area contributed by atoms with Crippen LogP contribution < -0.4 is 19.4 Å². The van der Waals surface area contributed by atoms with Crippen molar-refractivity contribution in [3.8, 4) is 5.75 Å². The molecule has 1 N–H and O–H groups in total. The standard InChI is InChI=1S/C25H27ClN4O4S/c1-18-5-12-22(13-6-18)35(32,33)30(23-15-20(26)9-14-24(23)34-4)17-25(31)28-27-16-19-7-10-21(11-8-19)29(2)3/h5-16H,17H2,1-4H3,(H,28,31)/b27-16+. The van der Waals surface area contributed by atoms with E-state index in [2.05, 4.69) is 10.5 Å². The summed E-state index contributed by atoms with van der Waals surface area (Å²) in [6, 6.07) is 18.5. The van der Waals surface area contributed by atoms with E-state index in [0.29, 0.717) is 5.02 Å². The lowest BCUT2D eigenvalue weighted by Gasteiger charge is -2.25. The largest absolute Gasteiger partial charge is 0.495 e. The number of halogens is 1. The van der Waals surface area contributed by atoms with Crippen molar-refractivity contribution >= 4 is 45.1 Å². The number of anilines is 2. The first-order valence-electron chi connectivity index (χ1n) is 10.6. The molecule has 0 unspecified atom stereocenters. The van der Waals surface area contributed by atoms with Gasteiger partial charge in [0.2, 0.25) is 0 Å². The molecule has 8 nitrogen and oxygen atoms in total.